The predicted octanol–water partition coefficient (Wildman–Crippen LogP) is 12.8. The molecule has 0 unspecified atom stereocenters. The van der Waals surface area contributed by atoms with E-state index < -0.39 is 0 Å². The van der Waals surface area contributed by atoms with Gasteiger partial charge < -0.3 is 13.7 Å². The van der Waals surface area contributed by atoms with Crippen molar-refractivity contribution in [2.75, 3.05) is 4.90 Å². The van der Waals surface area contributed by atoms with E-state index in [0.717, 1.165) is 88.3 Å². The summed E-state index contributed by atoms with van der Waals surface area (Å²) in [6.07, 6.45) is 0. The Morgan fingerprint density at radius 1 is 0.429 bits per heavy atom. The largest absolute Gasteiger partial charge is 0.456 e. The van der Waals surface area contributed by atoms with Gasteiger partial charge in [0.1, 0.15) is 16.7 Å². The van der Waals surface area contributed by atoms with Crippen molar-refractivity contribution in [3.8, 4) is 22.6 Å². The standard InChI is InChI=1S/C45H28N2O2/c1-3-10-31(11-4-1)45-46-39-27-22-30-20-25-35-38(43(30)44(39)49-45)15-9-16-40(35)47(33-12-5-2-6-13-33)34-23-18-29(19-24-34)32-21-26-37-36-14-7-8-17-41(36)48-42(37)28-32/h1-28H. The average molecular weight is 629 g/mol. The van der Waals surface area contributed by atoms with Crippen LogP contribution in [0.25, 0.3) is 77.2 Å². The Morgan fingerprint density at radius 3 is 1.96 bits per heavy atom. The Kier molecular flexibility index (Phi) is 6.15. The first-order chi connectivity index (χ1) is 24.3. The zero-order valence-corrected chi connectivity index (χ0v) is 26.4. The van der Waals surface area contributed by atoms with Gasteiger partial charge in [-0.05, 0) is 88.6 Å². The third-order valence-electron chi connectivity index (χ3n) is 9.49. The fourth-order valence-electron chi connectivity index (χ4n) is 7.16. The van der Waals surface area contributed by atoms with Crippen molar-refractivity contribution in [2.45, 2.75) is 0 Å². The highest BCUT2D eigenvalue weighted by Crippen LogP contribution is 2.43. The topological polar surface area (TPSA) is 42.4 Å². The maximum Gasteiger partial charge on any atom is 0.227 e. The maximum atomic E-state index is 6.51. The van der Waals surface area contributed by atoms with E-state index in [0.29, 0.717) is 5.89 Å². The Morgan fingerprint density at radius 2 is 1.10 bits per heavy atom. The van der Waals surface area contributed by atoms with E-state index in [-0.39, 0.29) is 0 Å². The molecular formula is C45H28N2O2. The molecule has 0 radical (unpaired) electrons. The quantitative estimate of drug-likeness (QED) is 0.178. The second-order valence-corrected chi connectivity index (χ2v) is 12.4. The first-order valence-electron chi connectivity index (χ1n) is 16.5. The van der Waals surface area contributed by atoms with Crippen molar-refractivity contribution in [3.05, 3.63) is 170 Å². The highest BCUT2D eigenvalue weighted by Gasteiger charge is 2.19. The lowest BCUT2D eigenvalue weighted by atomic mass is 9.98. The third-order valence-corrected chi connectivity index (χ3v) is 9.49. The van der Waals surface area contributed by atoms with Crippen LogP contribution in [0.15, 0.2) is 179 Å². The van der Waals surface area contributed by atoms with E-state index in [2.05, 4.69) is 126 Å². The molecular weight excluding hydrogens is 601 g/mol. The lowest BCUT2D eigenvalue weighted by Crippen LogP contribution is -2.10. The van der Waals surface area contributed by atoms with Crippen LogP contribution in [-0.2, 0) is 0 Å². The van der Waals surface area contributed by atoms with Gasteiger partial charge in [-0.1, -0.05) is 103 Å². The molecule has 0 saturated carbocycles. The Bertz CT molecular complexity index is 2820. The molecule has 10 aromatic rings. The van der Waals surface area contributed by atoms with E-state index in [4.69, 9.17) is 13.8 Å². The van der Waals surface area contributed by atoms with Crippen molar-refractivity contribution in [3.63, 3.8) is 0 Å². The van der Waals surface area contributed by atoms with Gasteiger partial charge in [0.05, 0.1) is 5.69 Å². The van der Waals surface area contributed by atoms with Gasteiger partial charge in [-0.2, -0.15) is 0 Å². The zero-order chi connectivity index (χ0) is 32.3. The molecule has 0 bridgehead atoms. The molecule has 0 aliphatic heterocycles. The van der Waals surface area contributed by atoms with Crippen molar-refractivity contribution < 1.29 is 8.83 Å². The monoisotopic (exact) mass is 628 g/mol. The lowest BCUT2D eigenvalue weighted by molar-refractivity contribution is 0.623. The molecule has 8 aromatic carbocycles. The van der Waals surface area contributed by atoms with E-state index in [1.54, 1.807) is 0 Å². The highest BCUT2D eigenvalue weighted by atomic mass is 16.3. The van der Waals surface area contributed by atoms with E-state index in [1.807, 2.05) is 48.5 Å². The minimum Gasteiger partial charge on any atom is -0.456 e. The molecule has 10 rings (SSSR count). The SMILES string of the molecule is c1ccc(-c2nc3ccc4ccc5c(N(c6ccccc6)c6ccc(-c7ccc8c(c7)oc7ccccc78)cc6)cccc5c4c3o2)cc1. The van der Waals surface area contributed by atoms with Crippen LogP contribution in [-0.4, -0.2) is 4.98 Å². The second kappa shape index (κ2) is 11.0. The summed E-state index contributed by atoms with van der Waals surface area (Å²) >= 11 is 0. The van der Waals surface area contributed by atoms with Crippen LogP contribution in [0.4, 0.5) is 17.1 Å². The Labute approximate surface area is 282 Å². The van der Waals surface area contributed by atoms with Crippen molar-refractivity contribution in [1.82, 2.24) is 4.98 Å². The molecule has 0 saturated heterocycles. The molecule has 0 amide bonds. The van der Waals surface area contributed by atoms with Gasteiger partial charge in [0, 0.05) is 38.5 Å². The molecule has 0 N–H and O–H groups in total. The number of nitrogens with zero attached hydrogens (tertiary/aromatic N) is 2. The molecule has 0 fully saturated rings. The summed E-state index contributed by atoms with van der Waals surface area (Å²) < 4.78 is 12.7. The Hall–Kier alpha value is -6.65. The number of rotatable bonds is 5. The highest BCUT2D eigenvalue weighted by molar-refractivity contribution is 6.20. The number of para-hydroxylation sites is 2. The molecule has 4 nitrogen and oxygen atoms in total. The first kappa shape index (κ1) is 27.5. The van der Waals surface area contributed by atoms with Crippen molar-refractivity contribution >= 4 is 71.6 Å². The number of fused-ring (bicyclic) bond motifs is 8. The number of oxazole rings is 1. The number of furan rings is 1. The number of benzene rings is 8. The van der Waals surface area contributed by atoms with Crippen LogP contribution in [0.1, 0.15) is 0 Å². The number of hydrogen-bond donors (Lipinski definition) is 0. The molecule has 49 heavy (non-hydrogen) atoms. The van der Waals surface area contributed by atoms with Gasteiger partial charge in [0.25, 0.3) is 0 Å². The molecule has 230 valence electrons. The van der Waals surface area contributed by atoms with Crippen molar-refractivity contribution in [1.29, 1.82) is 0 Å². The number of hydrogen-bond acceptors (Lipinski definition) is 4. The Balaban J connectivity index is 1.11. The van der Waals surface area contributed by atoms with Crippen LogP contribution in [0, 0.1) is 0 Å². The van der Waals surface area contributed by atoms with Gasteiger partial charge >= 0.3 is 0 Å². The minimum atomic E-state index is 0.627. The van der Waals surface area contributed by atoms with Gasteiger partial charge in [-0.25, -0.2) is 4.98 Å². The summed E-state index contributed by atoms with van der Waals surface area (Å²) in [5.41, 5.74) is 9.90. The lowest BCUT2D eigenvalue weighted by Gasteiger charge is -2.27. The van der Waals surface area contributed by atoms with Gasteiger partial charge in [-0.15, -0.1) is 0 Å². The average Bonchev–Trinajstić information content (AvgIpc) is 3.78. The van der Waals surface area contributed by atoms with Crippen LogP contribution in [0.3, 0.4) is 0 Å². The van der Waals surface area contributed by atoms with Gasteiger partial charge in [0.2, 0.25) is 5.89 Å². The van der Waals surface area contributed by atoms with E-state index in [1.165, 1.54) is 0 Å². The summed E-state index contributed by atoms with van der Waals surface area (Å²) in [7, 11) is 0. The summed E-state index contributed by atoms with van der Waals surface area (Å²) in [6, 6.07) is 59.2. The van der Waals surface area contributed by atoms with Crippen LogP contribution in [0.5, 0.6) is 0 Å². The third kappa shape index (κ3) is 4.49. The normalized spacial score (nSPS) is 11.7. The summed E-state index contributed by atoms with van der Waals surface area (Å²) in [4.78, 5) is 7.20. The maximum absolute atomic E-state index is 6.51. The predicted molar refractivity (Wildman–Crippen MR) is 202 cm³/mol. The van der Waals surface area contributed by atoms with Gasteiger partial charge in [-0.3, -0.25) is 0 Å². The molecule has 0 aliphatic rings. The molecule has 0 spiro atoms. The molecule has 0 atom stereocenters. The molecule has 2 aromatic heterocycles. The van der Waals surface area contributed by atoms with E-state index in [9.17, 15) is 0 Å². The fourth-order valence-corrected chi connectivity index (χ4v) is 7.16. The van der Waals surface area contributed by atoms with Crippen LogP contribution in [0.2, 0.25) is 0 Å². The summed E-state index contributed by atoms with van der Waals surface area (Å²) in [5, 5.41) is 6.70. The summed E-state index contributed by atoms with van der Waals surface area (Å²) in [5.74, 6) is 0.627. The van der Waals surface area contributed by atoms with Crippen LogP contribution < -0.4 is 4.90 Å². The number of aromatic nitrogens is 1. The smallest absolute Gasteiger partial charge is 0.227 e. The number of anilines is 3. The first-order valence-corrected chi connectivity index (χ1v) is 16.5. The fraction of sp³-hybridized carbons (Fsp3) is 0. The minimum absolute atomic E-state index is 0.627. The summed E-state index contributed by atoms with van der Waals surface area (Å²) in [6.45, 7) is 0. The van der Waals surface area contributed by atoms with E-state index >= 15 is 0 Å². The van der Waals surface area contributed by atoms with Gasteiger partial charge in [0.15, 0.2) is 5.58 Å². The molecule has 2 heterocycles. The second-order valence-electron chi connectivity index (χ2n) is 12.4. The van der Waals surface area contributed by atoms with Crippen molar-refractivity contribution in [2.24, 2.45) is 0 Å². The molecule has 0 aliphatic carbocycles. The zero-order valence-electron chi connectivity index (χ0n) is 26.4. The van der Waals surface area contributed by atoms with Crippen LogP contribution >= 0.6 is 0 Å². The molecule has 4 heteroatoms.